The largest absolute Gasteiger partial charge is 0.315 e. The van der Waals surface area contributed by atoms with Crippen LogP contribution in [0.2, 0.25) is 0 Å². The van der Waals surface area contributed by atoms with Gasteiger partial charge in [0.25, 0.3) is 0 Å². The van der Waals surface area contributed by atoms with Gasteiger partial charge in [-0.25, -0.2) is 0 Å². The number of piperidine rings is 1. The Balaban J connectivity index is 2.10. The molecule has 1 saturated heterocycles. The number of nitrogens with zero attached hydrogens (tertiary/aromatic N) is 2. The lowest BCUT2D eigenvalue weighted by Crippen LogP contribution is -2.42. The normalized spacial score (nSPS) is 21.0. The Labute approximate surface area is 108 Å². The minimum absolute atomic E-state index is 0.672. The zero-order chi connectivity index (χ0) is 12.7. The molecule has 0 radical (unpaired) electrons. The lowest BCUT2D eigenvalue weighted by molar-refractivity contribution is 0.142. The third-order valence-corrected chi connectivity index (χ3v) is 4.01. The average molecular weight is 241 g/mol. The average Bonchev–Trinajstić information content (AvgIpc) is 2.30. The molecule has 1 unspecified atom stereocenters. The first-order valence-corrected chi connectivity index (χ1v) is 7.25. The van der Waals surface area contributed by atoms with Crippen LogP contribution in [-0.2, 0) is 0 Å². The monoisotopic (exact) mass is 241 g/mol. The van der Waals surface area contributed by atoms with Crippen LogP contribution in [-0.4, -0.2) is 62.2 Å². The van der Waals surface area contributed by atoms with Crippen LogP contribution in [0, 0.1) is 0 Å². The molecule has 1 aliphatic rings. The molecule has 1 fully saturated rings. The van der Waals surface area contributed by atoms with Gasteiger partial charge in [0, 0.05) is 12.1 Å². The fourth-order valence-electron chi connectivity index (χ4n) is 2.72. The SMILES string of the molecule is CCNC(C)CCCN(C)C1CCN(C)CC1. The number of nitrogens with one attached hydrogen (secondary N) is 1. The molecule has 1 aliphatic heterocycles. The fourth-order valence-corrected chi connectivity index (χ4v) is 2.72. The van der Waals surface area contributed by atoms with Crippen LogP contribution in [0.4, 0.5) is 0 Å². The summed E-state index contributed by atoms with van der Waals surface area (Å²) in [6.45, 7) is 9.35. The first kappa shape index (κ1) is 14.9. The molecule has 3 heteroatoms. The minimum Gasteiger partial charge on any atom is -0.315 e. The van der Waals surface area contributed by atoms with E-state index in [0.717, 1.165) is 12.6 Å². The molecule has 0 aliphatic carbocycles. The van der Waals surface area contributed by atoms with E-state index < -0.39 is 0 Å². The van der Waals surface area contributed by atoms with Crippen molar-refractivity contribution in [1.29, 1.82) is 0 Å². The Morgan fingerprint density at radius 2 is 2.00 bits per heavy atom. The lowest BCUT2D eigenvalue weighted by Gasteiger charge is -2.35. The molecule has 1 N–H and O–H groups in total. The zero-order valence-corrected chi connectivity index (χ0v) is 12.2. The molecule has 1 rings (SSSR count). The van der Waals surface area contributed by atoms with Crippen molar-refractivity contribution in [2.75, 3.05) is 40.3 Å². The molecule has 17 heavy (non-hydrogen) atoms. The van der Waals surface area contributed by atoms with Gasteiger partial charge in [0.05, 0.1) is 0 Å². The molecule has 1 heterocycles. The Morgan fingerprint density at radius 1 is 1.35 bits per heavy atom. The molecule has 1 atom stereocenters. The summed E-state index contributed by atoms with van der Waals surface area (Å²) in [6, 6.07) is 1.49. The predicted octanol–water partition coefficient (Wildman–Crippen LogP) is 1.79. The Bertz CT molecular complexity index is 188. The van der Waals surface area contributed by atoms with E-state index in [9.17, 15) is 0 Å². The summed E-state index contributed by atoms with van der Waals surface area (Å²) in [4.78, 5) is 5.02. The molecule has 0 aromatic heterocycles. The second-order valence-electron chi connectivity index (χ2n) is 5.62. The minimum atomic E-state index is 0.672. The van der Waals surface area contributed by atoms with Gasteiger partial charge < -0.3 is 15.1 Å². The van der Waals surface area contributed by atoms with Crippen molar-refractivity contribution in [3.05, 3.63) is 0 Å². The highest BCUT2D eigenvalue weighted by Gasteiger charge is 2.19. The quantitative estimate of drug-likeness (QED) is 0.733. The maximum atomic E-state index is 3.48. The topological polar surface area (TPSA) is 18.5 Å². The summed E-state index contributed by atoms with van der Waals surface area (Å²) in [6.07, 6.45) is 5.30. The van der Waals surface area contributed by atoms with Crippen LogP contribution in [0.15, 0.2) is 0 Å². The molecule has 0 aromatic rings. The van der Waals surface area contributed by atoms with Crippen LogP contribution in [0.25, 0.3) is 0 Å². The highest BCUT2D eigenvalue weighted by atomic mass is 15.2. The molecule has 0 aromatic carbocycles. The van der Waals surface area contributed by atoms with Crippen molar-refractivity contribution in [3.63, 3.8) is 0 Å². The van der Waals surface area contributed by atoms with Crippen LogP contribution >= 0.6 is 0 Å². The van der Waals surface area contributed by atoms with E-state index in [1.54, 1.807) is 0 Å². The van der Waals surface area contributed by atoms with Gasteiger partial charge in [-0.05, 0) is 72.9 Å². The molecule has 3 nitrogen and oxygen atoms in total. The maximum absolute atomic E-state index is 3.48. The summed E-state index contributed by atoms with van der Waals surface area (Å²) in [5.74, 6) is 0. The van der Waals surface area contributed by atoms with Crippen LogP contribution < -0.4 is 5.32 Å². The Hall–Kier alpha value is -0.120. The third kappa shape index (κ3) is 5.84. The summed E-state index contributed by atoms with van der Waals surface area (Å²) >= 11 is 0. The number of likely N-dealkylation sites (tertiary alicyclic amines) is 1. The van der Waals surface area contributed by atoms with Gasteiger partial charge in [0.2, 0.25) is 0 Å². The van der Waals surface area contributed by atoms with Crippen molar-refractivity contribution in [1.82, 2.24) is 15.1 Å². The first-order valence-electron chi connectivity index (χ1n) is 7.25. The molecule has 0 spiro atoms. The molecular weight excluding hydrogens is 210 g/mol. The van der Waals surface area contributed by atoms with Crippen molar-refractivity contribution in [2.45, 2.75) is 51.6 Å². The summed E-state index contributed by atoms with van der Waals surface area (Å²) < 4.78 is 0. The van der Waals surface area contributed by atoms with Gasteiger partial charge in [0.15, 0.2) is 0 Å². The highest BCUT2D eigenvalue weighted by Crippen LogP contribution is 2.14. The Kier molecular flexibility index (Phi) is 7.09. The highest BCUT2D eigenvalue weighted by molar-refractivity contribution is 4.76. The first-order chi connectivity index (χ1) is 8.13. The molecule has 0 saturated carbocycles. The maximum Gasteiger partial charge on any atom is 0.0117 e. The van der Waals surface area contributed by atoms with Crippen molar-refractivity contribution < 1.29 is 0 Å². The number of hydrogen-bond donors (Lipinski definition) is 1. The van der Waals surface area contributed by atoms with Gasteiger partial charge in [-0.2, -0.15) is 0 Å². The van der Waals surface area contributed by atoms with E-state index in [-0.39, 0.29) is 0 Å². The van der Waals surface area contributed by atoms with E-state index >= 15 is 0 Å². The van der Waals surface area contributed by atoms with Crippen LogP contribution in [0.5, 0.6) is 0 Å². The van der Waals surface area contributed by atoms with Gasteiger partial charge >= 0.3 is 0 Å². The second kappa shape index (κ2) is 8.06. The van der Waals surface area contributed by atoms with E-state index in [0.29, 0.717) is 6.04 Å². The molecule has 0 bridgehead atoms. The molecular formula is C14H31N3. The number of hydrogen-bond acceptors (Lipinski definition) is 3. The van der Waals surface area contributed by atoms with Crippen LogP contribution in [0.1, 0.15) is 39.5 Å². The van der Waals surface area contributed by atoms with Gasteiger partial charge in [-0.15, -0.1) is 0 Å². The zero-order valence-electron chi connectivity index (χ0n) is 12.2. The summed E-state index contributed by atoms with van der Waals surface area (Å²) in [5.41, 5.74) is 0. The summed E-state index contributed by atoms with van der Waals surface area (Å²) in [5, 5.41) is 3.48. The van der Waals surface area contributed by atoms with Crippen molar-refractivity contribution >= 4 is 0 Å². The molecule has 102 valence electrons. The smallest absolute Gasteiger partial charge is 0.0117 e. The van der Waals surface area contributed by atoms with E-state index in [1.165, 1.54) is 45.3 Å². The Morgan fingerprint density at radius 3 is 2.59 bits per heavy atom. The third-order valence-electron chi connectivity index (χ3n) is 4.01. The van der Waals surface area contributed by atoms with E-state index in [4.69, 9.17) is 0 Å². The number of rotatable bonds is 7. The van der Waals surface area contributed by atoms with Crippen molar-refractivity contribution in [2.24, 2.45) is 0 Å². The van der Waals surface area contributed by atoms with Gasteiger partial charge in [-0.3, -0.25) is 0 Å². The standard InChI is InChI=1S/C14H31N3/c1-5-15-13(2)7-6-10-17(4)14-8-11-16(3)12-9-14/h13-15H,5-12H2,1-4H3. The second-order valence-corrected chi connectivity index (χ2v) is 5.62. The fraction of sp³-hybridized carbons (Fsp3) is 1.00. The predicted molar refractivity (Wildman–Crippen MR) is 75.5 cm³/mol. The van der Waals surface area contributed by atoms with Gasteiger partial charge in [0.1, 0.15) is 0 Å². The van der Waals surface area contributed by atoms with E-state index in [2.05, 4.69) is 43.1 Å². The summed E-state index contributed by atoms with van der Waals surface area (Å²) in [7, 11) is 4.53. The van der Waals surface area contributed by atoms with E-state index in [1.807, 2.05) is 0 Å². The van der Waals surface area contributed by atoms with Crippen LogP contribution in [0.3, 0.4) is 0 Å². The molecule has 0 amide bonds. The lowest BCUT2D eigenvalue weighted by atomic mass is 10.0. The van der Waals surface area contributed by atoms with Crippen molar-refractivity contribution in [3.8, 4) is 0 Å². The van der Waals surface area contributed by atoms with Gasteiger partial charge in [-0.1, -0.05) is 6.92 Å².